The van der Waals surface area contributed by atoms with Crippen LogP contribution >= 0.6 is 0 Å². The van der Waals surface area contributed by atoms with Crippen LogP contribution < -0.4 is 5.32 Å². The number of nitrogens with one attached hydrogen (secondary N) is 1. The molecule has 5 heteroatoms. The average molecular weight is 285 g/mol. The average Bonchev–Trinajstić information content (AvgIpc) is 2.38. The Morgan fingerprint density at radius 1 is 1.26 bits per heavy atom. The quantitative estimate of drug-likeness (QED) is 0.763. The molecule has 0 saturated carbocycles. The minimum Gasteiger partial charge on any atom is -0.508 e. The second kappa shape index (κ2) is 7.50. The number of hydrogen-bond acceptors (Lipinski definition) is 4. The number of hydrogen-bond donors (Lipinski definition) is 2. The van der Waals surface area contributed by atoms with Gasteiger partial charge in [-0.15, -0.1) is 0 Å². The summed E-state index contributed by atoms with van der Waals surface area (Å²) in [6, 6.07) is 7.45. The first-order valence-electron chi connectivity index (χ1n) is 6.64. The minimum atomic E-state index is -2.88. The molecule has 0 aromatic heterocycles. The van der Waals surface area contributed by atoms with E-state index in [9.17, 15) is 13.5 Å². The SMILES string of the molecule is CCS(=O)(=O)CCNC(C)CCc1ccc(O)cc1. The largest absolute Gasteiger partial charge is 0.508 e. The Labute approximate surface area is 115 Å². The summed E-state index contributed by atoms with van der Waals surface area (Å²) in [5, 5.41) is 12.4. The van der Waals surface area contributed by atoms with Crippen LogP contribution in [0.15, 0.2) is 24.3 Å². The summed E-state index contributed by atoms with van der Waals surface area (Å²) in [4.78, 5) is 0. The van der Waals surface area contributed by atoms with Crippen LogP contribution in [0.3, 0.4) is 0 Å². The van der Waals surface area contributed by atoms with Crippen molar-refractivity contribution in [1.29, 1.82) is 0 Å². The Kier molecular flexibility index (Phi) is 6.31. The van der Waals surface area contributed by atoms with Crippen LogP contribution in [0.5, 0.6) is 5.75 Å². The van der Waals surface area contributed by atoms with Gasteiger partial charge in [0.2, 0.25) is 0 Å². The van der Waals surface area contributed by atoms with Gasteiger partial charge in [0.25, 0.3) is 0 Å². The molecular formula is C14H23NO3S. The Balaban J connectivity index is 2.24. The van der Waals surface area contributed by atoms with Gasteiger partial charge in [0.05, 0.1) is 5.75 Å². The number of phenols is 1. The van der Waals surface area contributed by atoms with Gasteiger partial charge in [0.15, 0.2) is 9.84 Å². The zero-order valence-electron chi connectivity index (χ0n) is 11.6. The summed E-state index contributed by atoms with van der Waals surface area (Å²) in [7, 11) is -2.88. The molecule has 19 heavy (non-hydrogen) atoms. The van der Waals surface area contributed by atoms with Gasteiger partial charge >= 0.3 is 0 Å². The van der Waals surface area contributed by atoms with E-state index in [0.29, 0.717) is 6.54 Å². The molecule has 0 amide bonds. The van der Waals surface area contributed by atoms with Crippen molar-refractivity contribution in [3.05, 3.63) is 29.8 Å². The number of rotatable bonds is 8. The van der Waals surface area contributed by atoms with Gasteiger partial charge in [-0.05, 0) is 37.5 Å². The molecule has 0 bridgehead atoms. The van der Waals surface area contributed by atoms with Crippen LogP contribution in [0.1, 0.15) is 25.8 Å². The Bertz CT molecular complexity index is 468. The number of phenolic OH excluding ortho intramolecular Hbond substituents is 1. The topological polar surface area (TPSA) is 66.4 Å². The molecule has 1 aromatic carbocycles. The third-order valence-corrected chi connectivity index (χ3v) is 4.85. The zero-order valence-corrected chi connectivity index (χ0v) is 12.4. The molecule has 2 N–H and O–H groups in total. The van der Waals surface area contributed by atoms with Gasteiger partial charge in [0.1, 0.15) is 5.75 Å². The molecule has 0 aliphatic carbocycles. The third kappa shape index (κ3) is 6.59. The van der Waals surface area contributed by atoms with Gasteiger partial charge in [-0.25, -0.2) is 8.42 Å². The summed E-state index contributed by atoms with van der Waals surface area (Å²) < 4.78 is 22.7. The molecule has 0 fully saturated rings. The molecule has 0 radical (unpaired) electrons. The van der Waals surface area contributed by atoms with E-state index in [1.165, 1.54) is 5.56 Å². The molecule has 1 atom stereocenters. The van der Waals surface area contributed by atoms with E-state index in [0.717, 1.165) is 12.8 Å². The predicted octanol–water partition coefficient (Wildman–Crippen LogP) is 1.74. The first kappa shape index (κ1) is 16.0. The summed E-state index contributed by atoms with van der Waals surface area (Å²) in [6.07, 6.45) is 1.85. The van der Waals surface area contributed by atoms with Crippen molar-refractivity contribution in [2.24, 2.45) is 0 Å². The second-order valence-electron chi connectivity index (χ2n) is 4.80. The van der Waals surface area contributed by atoms with Crippen molar-refractivity contribution in [3.8, 4) is 5.75 Å². The van der Waals surface area contributed by atoms with E-state index in [-0.39, 0.29) is 23.3 Å². The fourth-order valence-corrected chi connectivity index (χ4v) is 2.47. The number of sulfone groups is 1. The normalized spacial score (nSPS) is 13.4. The lowest BCUT2D eigenvalue weighted by Gasteiger charge is -2.13. The van der Waals surface area contributed by atoms with Crippen molar-refractivity contribution in [2.75, 3.05) is 18.1 Å². The van der Waals surface area contributed by atoms with E-state index >= 15 is 0 Å². The second-order valence-corrected chi connectivity index (χ2v) is 7.27. The Morgan fingerprint density at radius 2 is 1.89 bits per heavy atom. The van der Waals surface area contributed by atoms with Gasteiger partial charge in [-0.1, -0.05) is 19.1 Å². The highest BCUT2D eigenvalue weighted by atomic mass is 32.2. The first-order valence-corrected chi connectivity index (χ1v) is 8.47. The van der Waals surface area contributed by atoms with Crippen LogP contribution in [-0.2, 0) is 16.3 Å². The zero-order chi connectivity index (χ0) is 14.3. The van der Waals surface area contributed by atoms with Gasteiger partial charge in [-0.3, -0.25) is 0 Å². The standard InChI is InChI=1S/C14H23NO3S/c1-3-19(17,18)11-10-15-12(2)4-5-13-6-8-14(16)9-7-13/h6-9,12,15-16H,3-5,10-11H2,1-2H3. The van der Waals surface area contributed by atoms with E-state index in [1.807, 2.05) is 12.1 Å². The van der Waals surface area contributed by atoms with E-state index in [4.69, 9.17) is 0 Å². The van der Waals surface area contributed by atoms with E-state index < -0.39 is 9.84 Å². The summed E-state index contributed by atoms with van der Waals surface area (Å²) in [6.45, 7) is 4.23. The lowest BCUT2D eigenvalue weighted by atomic mass is 10.1. The lowest BCUT2D eigenvalue weighted by molar-refractivity contribution is 0.475. The molecular weight excluding hydrogens is 262 g/mol. The molecule has 108 valence electrons. The highest BCUT2D eigenvalue weighted by molar-refractivity contribution is 7.91. The molecule has 4 nitrogen and oxygen atoms in total. The highest BCUT2D eigenvalue weighted by Gasteiger charge is 2.08. The summed E-state index contributed by atoms with van der Waals surface area (Å²) in [5.74, 6) is 0.684. The fourth-order valence-electron chi connectivity index (χ4n) is 1.75. The van der Waals surface area contributed by atoms with Crippen molar-refractivity contribution in [3.63, 3.8) is 0 Å². The number of benzene rings is 1. The van der Waals surface area contributed by atoms with Crippen LogP contribution in [0.25, 0.3) is 0 Å². The smallest absolute Gasteiger partial charge is 0.151 e. The van der Waals surface area contributed by atoms with Crippen molar-refractivity contribution in [1.82, 2.24) is 5.32 Å². The molecule has 1 aromatic rings. The first-order chi connectivity index (χ1) is 8.93. The maximum atomic E-state index is 11.3. The van der Waals surface area contributed by atoms with Crippen LogP contribution in [-0.4, -0.2) is 37.6 Å². The molecule has 0 aliphatic heterocycles. The van der Waals surface area contributed by atoms with Crippen molar-refractivity contribution in [2.45, 2.75) is 32.7 Å². The Hall–Kier alpha value is -1.07. The molecule has 0 spiro atoms. The number of aryl methyl sites for hydroxylation is 1. The van der Waals surface area contributed by atoms with Crippen LogP contribution in [0.4, 0.5) is 0 Å². The lowest BCUT2D eigenvalue weighted by Crippen LogP contribution is -2.31. The van der Waals surface area contributed by atoms with Gasteiger partial charge in [-0.2, -0.15) is 0 Å². The van der Waals surface area contributed by atoms with Gasteiger partial charge < -0.3 is 10.4 Å². The molecule has 1 rings (SSSR count). The van der Waals surface area contributed by atoms with Gasteiger partial charge in [0, 0.05) is 18.3 Å². The Morgan fingerprint density at radius 3 is 2.47 bits per heavy atom. The van der Waals surface area contributed by atoms with Crippen LogP contribution in [0.2, 0.25) is 0 Å². The molecule has 0 heterocycles. The predicted molar refractivity (Wildman–Crippen MR) is 78.2 cm³/mol. The monoisotopic (exact) mass is 285 g/mol. The van der Waals surface area contributed by atoms with Crippen molar-refractivity contribution >= 4 is 9.84 Å². The highest BCUT2D eigenvalue weighted by Crippen LogP contribution is 2.11. The summed E-state index contributed by atoms with van der Waals surface area (Å²) >= 11 is 0. The third-order valence-electron chi connectivity index (χ3n) is 3.15. The van der Waals surface area contributed by atoms with Crippen molar-refractivity contribution < 1.29 is 13.5 Å². The molecule has 0 aliphatic rings. The number of aromatic hydroxyl groups is 1. The molecule has 1 unspecified atom stereocenters. The summed E-state index contributed by atoms with van der Waals surface area (Å²) in [5.41, 5.74) is 1.17. The fraction of sp³-hybridized carbons (Fsp3) is 0.571. The molecule has 0 saturated heterocycles. The maximum absolute atomic E-state index is 11.3. The minimum absolute atomic E-state index is 0.201. The van der Waals surface area contributed by atoms with Crippen LogP contribution in [0, 0.1) is 0 Å². The maximum Gasteiger partial charge on any atom is 0.151 e. The van der Waals surface area contributed by atoms with E-state index in [2.05, 4.69) is 12.2 Å². The van der Waals surface area contributed by atoms with E-state index in [1.54, 1.807) is 19.1 Å².